The van der Waals surface area contributed by atoms with Gasteiger partial charge in [0.15, 0.2) is 5.78 Å². The molecule has 0 saturated carbocycles. The Morgan fingerprint density at radius 3 is 2.75 bits per heavy atom. The molecule has 0 aromatic rings. The lowest BCUT2D eigenvalue weighted by atomic mass is 10.0. The number of Topliss-reactive ketones (excluding diaryl/α,β-unsaturated/α-hetero) is 1. The van der Waals surface area contributed by atoms with Crippen molar-refractivity contribution in [1.82, 2.24) is 5.32 Å². The number of ketones is 1. The summed E-state index contributed by atoms with van der Waals surface area (Å²) in [5, 5.41) is 3.27. The zero-order valence-electron chi connectivity index (χ0n) is 10.3. The maximum atomic E-state index is 11.7. The van der Waals surface area contributed by atoms with E-state index in [2.05, 4.69) is 5.32 Å². The van der Waals surface area contributed by atoms with Crippen LogP contribution < -0.4 is 5.32 Å². The van der Waals surface area contributed by atoms with Gasteiger partial charge in [0.1, 0.15) is 6.61 Å². The molecule has 1 aliphatic heterocycles. The molecule has 4 nitrogen and oxygen atoms in total. The minimum atomic E-state index is 0.0432. The van der Waals surface area contributed by atoms with Crippen LogP contribution >= 0.6 is 0 Å². The fraction of sp³-hybridized carbons (Fsp3) is 0.917. The summed E-state index contributed by atoms with van der Waals surface area (Å²) in [6.07, 6.45) is 3.07. The van der Waals surface area contributed by atoms with E-state index >= 15 is 0 Å². The first-order valence-corrected chi connectivity index (χ1v) is 6.08. The monoisotopic (exact) mass is 229 g/mol. The average Bonchev–Trinajstić information content (AvgIpc) is 2.34. The van der Waals surface area contributed by atoms with E-state index < -0.39 is 0 Å². The standard InChI is InChI=1S/C12H23NO3/c1-10(5-8-15-2)12(14)9-16-11-3-6-13-7-4-11/h10-11,13H,3-9H2,1-2H3. The predicted octanol–water partition coefficient (Wildman–Crippen LogP) is 0.997. The molecule has 0 aliphatic carbocycles. The number of carbonyl (C=O) groups excluding carboxylic acids is 1. The highest BCUT2D eigenvalue weighted by Crippen LogP contribution is 2.09. The van der Waals surface area contributed by atoms with Crippen molar-refractivity contribution >= 4 is 5.78 Å². The van der Waals surface area contributed by atoms with Crippen LogP contribution in [0.5, 0.6) is 0 Å². The van der Waals surface area contributed by atoms with Crippen molar-refractivity contribution in [3.8, 4) is 0 Å². The van der Waals surface area contributed by atoms with Gasteiger partial charge in [0, 0.05) is 19.6 Å². The number of methoxy groups -OCH3 is 1. The Morgan fingerprint density at radius 2 is 2.12 bits per heavy atom. The summed E-state index contributed by atoms with van der Waals surface area (Å²) in [6, 6.07) is 0. The van der Waals surface area contributed by atoms with Gasteiger partial charge in [-0.1, -0.05) is 6.92 Å². The molecule has 1 rings (SSSR count). The predicted molar refractivity (Wildman–Crippen MR) is 62.5 cm³/mol. The summed E-state index contributed by atoms with van der Waals surface area (Å²) in [5.41, 5.74) is 0. The number of rotatable bonds is 7. The van der Waals surface area contributed by atoms with Crippen molar-refractivity contribution in [1.29, 1.82) is 0 Å². The molecule has 1 atom stereocenters. The molecule has 0 bridgehead atoms. The van der Waals surface area contributed by atoms with Gasteiger partial charge in [-0.2, -0.15) is 0 Å². The van der Waals surface area contributed by atoms with Gasteiger partial charge in [-0.3, -0.25) is 4.79 Å². The molecule has 1 unspecified atom stereocenters. The fourth-order valence-corrected chi connectivity index (χ4v) is 1.76. The molecular weight excluding hydrogens is 206 g/mol. The lowest BCUT2D eigenvalue weighted by Crippen LogP contribution is -2.34. The Bertz CT molecular complexity index is 202. The quantitative estimate of drug-likeness (QED) is 0.707. The van der Waals surface area contributed by atoms with Crippen LogP contribution in [0.25, 0.3) is 0 Å². The van der Waals surface area contributed by atoms with Crippen molar-refractivity contribution in [2.24, 2.45) is 5.92 Å². The van der Waals surface area contributed by atoms with E-state index in [0.29, 0.717) is 6.61 Å². The summed E-state index contributed by atoms with van der Waals surface area (Å²) >= 11 is 0. The van der Waals surface area contributed by atoms with Gasteiger partial charge in [0.25, 0.3) is 0 Å². The molecule has 0 aromatic carbocycles. The molecule has 1 N–H and O–H groups in total. The van der Waals surface area contributed by atoms with E-state index in [9.17, 15) is 4.79 Å². The maximum Gasteiger partial charge on any atom is 0.161 e. The highest BCUT2D eigenvalue weighted by molar-refractivity contribution is 5.81. The van der Waals surface area contributed by atoms with Crippen LogP contribution in [0.2, 0.25) is 0 Å². The second-order valence-corrected chi connectivity index (χ2v) is 4.41. The largest absolute Gasteiger partial charge is 0.385 e. The normalized spacial score (nSPS) is 19.6. The number of piperidine rings is 1. The number of ether oxygens (including phenoxy) is 2. The minimum Gasteiger partial charge on any atom is -0.385 e. The lowest BCUT2D eigenvalue weighted by molar-refractivity contribution is -0.130. The van der Waals surface area contributed by atoms with Crippen LogP contribution in [0.3, 0.4) is 0 Å². The molecule has 1 heterocycles. The molecule has 1 fully saturated rings. The first kappa shape index (κ1) is 13.6. The fourth-order valence-electron chi connectivity index (χ4n) is 1.76. The second kappa shape index (κ2) is 7.76. The molecule has 1 aliphatic rings. The minimum absolute atomic E-state index is 0.0432. The zero-order valence-corrected chi connectivity index (χ0v) is 10.3. The average molecular weight is 229 g/mol. The van der Waals surface area contributed by atoms with Crippen LogP contribution in [0.1, 0.15) is 26.2 Å². The summed E-state index contributed by atoms with van der Waals surface area (Å²) < 4.78 is 10.6. The van der Waals surface area contributed by atoms with E-state index in [4.69, 9.17) is 9.47 Å². The third-order valence-corrected chi connectivity index (χ3v) is 3.05. The molecule has 0 radical (unpaired) electrons. The van der Waals surface area contributed by atoms with Gasteiger partial charge >= 0.3 is 0 Å². The Labute approximate surface area is 97.7 Å². The first-order chi connectivity index (χ1) is 7.74. The van der Waals surface area contributed by atoms with Gasteiger partial charge in [-0.15, -0.1) is 0 Å². The number of hydrogen-bond donors (Lipinski definition) is 1. The lowest BCUT2D eigenvalue weighted by Gasteiger charge is -2.23. The number of nitrogens with one attached hydrogen (secondary N) is 1. The topological polar surface area (TPSA) is 47.6 Å². The Balaban J connectivity index is 2.12. The molecule has 1 saturated heterocycles. The third-order valence-electron chi connectivity index (χ3n) is 3.05. The third kappa shape index (κ3) is 5.05. The Kier molecular flexibility index (Phi) is 6.61. The number of carbonyl (C=O) groups is 1. The van der Waals surface area contributed by atoms with E-state index in [0.717, 1.165) is 32.4 Å². The van der Waals surface area contributed by atoms with Gasteiger partial charge < -0.3 is 14.8 Å². The molecule has 94 valence electrons. The van der Waals surface area contributed by atoms with Crippen molar-refractivity contribution in [3.05, 3.63) is 0 Å². The molecular formula is C12H23NO3. The Hall–Kier alpha value is -0.450. The molecule has 16 heavy (non-hydrogen) atoms. The highest BCUT2D eigenvalue weighted by atomic mass is 16.5. The number of hydrogen-bond acceptors (Lipinski definition) is 4. The van der Waals surface area contributed by atoms with Crippen LogP contribution in [-0.4, -0.2) is 45.3 Å². The zero-order chi connectivity index (χ0) is 11.8. The summed E-state index contributed by atoms with van der Waals surface area (Å²) in [4.78, 5) is 11.7. The van der Waals surface area contributed by atoms with Crippen molar-refractivity contribution in [2.75, 3.05) is 33.4 Å². The van der Waals surface area contributed by atoms with Gasteiger partial charge in [0.2, 0.25) is 0 Å². The van der Waals surface area contributed by atoms with Crippen molar-refractivity contribution in [2.45, 2.75) is 32.3 Å². The van der Waals surface area contributed by atoms with Crippen molar-refractivity contribution in [3.63, 3.8) is 0 Å². The van der Waals surface area contributed by atoms with E-state index in [1.54, 1.807) is 7.11 Å². The van der Waals surface area contributed by atoms with E-state index in [1.807, 2.05) is 6.92 Å². The van der Waals surface area contributed by atoms with Crippen LogP contribution in [0.4, 0.5) is 0 Å². The first-order valence-electron chi connectivity index (χ1n) is 6.08. The van der Waals surface area contributed by atoms with E-state index in [1.165, 1.54) is 0 Å². The summed E-state index contributed by atoms with van der Waals surface area (Å²) in [5.74, 6) is 0.234. The second-order valence-electron chi connectivity index (χ2n) is 4.41. The molecule has 4 heteroatoms. The van der Waals surface area contributed by atoms with E-state index in [-0.39, 0.29) is 24.4 Å². The SMILES string of the molecule is COCCC(C)C(=O)COC1CCNCC1. The molecule has 0 amide bonds. The van der Waals surface area contributed by atoms with Crippen molar-refractivity contribution < 1.29 is 14.3 Å². The van der Waals surface area contributed by atoms with Crippen LogP contribution in [0, 0.1) is 5.92 Å². The van der Waals surface area contributed by atoms with Crippen LogP contribution in [0.15, 0.2) is 0 Å². The van der Waals surface area contributed by atoms with Gasteiger partial charge in [-0.25, -0.2) is 0 Å². The maximum absolute atomic E-state index is 11.7. The summed E-state index contributed by atoms with van der Waals surface area (Å²) in [7, 11) is 1.66. The molecule has 0 aromatic heterocycles. The Morgan fingerprint density at radius 1 is 1.44 bits per heavy atom. The van der Waals surface area contributed by atoms with Gasteiger partial charge in [-0.05, 0) is 32.4 Å². The molecule has 0 spiro atoms. The highest BCUT2D eigenvalue weighted by Gasteiger charge is 2.17. The smallest absolute Gasteiger partial charge is 0.161 e. The van der Waals surface area contributed by atoms with Gasteiger partial charge in [0.05, 0.1) is 6.10 Å². The van der Waals surface area contributed by atoms with Crippen LogP contribution in [-0.2, 0) is 14.3 Å². The summed E-state index contributed by atoms with van der Waals surface area (Å²) in [6.45, 7) is 4.83.